The Balaban J connectivity index is 2.86. The second-order valence-electron chi connectivity index (χ2n) is 2.23. The van der Waals surface area contributed by atoms with Gasteiger partial charge in [0.2, 0.25) is 0 Å². The van der Waals surface area contributed by atoms with Crippen LogP contribution < -0.4 is 5.32 Å². The molecule has 2 nitrogen and oxygen atoms in total. The smallest absolute Gasteiger partial charge is 0.129 e. The minimum absolute atomic E-state index is 0.218. The first kappa shape index (κ1) is 8.27. The molecule has 0 aliphatic rings. The highest BCUT2D eigenvalue weighted by molar-refractivity contribution is 7.80. The molecule has 0 aromatic heterocycles. The number of rotatable bonds is 2. The van der Waals surface area contributed by atoms with Crippen molar-refractivity contribution in [1.29, 1.82) is 0 Å². The first-order valence-electron chi connectivity index (χ1n) is 3.50. The lowest BCUT2D eigenvalue weighted by molar-refractivity contribution is 0.463. The molecule has 3 heteroatoms. The molecule has 2 N–H and O–H groups in total. The van der Waals surface area contributed by atoms with Crippen LogP contribution in [0.5, 0.6) is 5.75 Å². The second kappa shape index (κ2) is 3.53. The number of phenolic OH excluding ortho intramolecular Hbond substituents is 1. The largest absolute Gasteiger partial charge is 0.507 e. The van der Waals surface area contributed by atoms with E-state index >= 15 is 0 Å². The molecule has 0 radical (unpaired) electrons. The van der Waals surface area contributed by atoms with Crippen LogP contribution in [0, 0.1) is 0 Å². The summed E-state index contributed by atoms with van der Waals surface area (Å²) in [4.78, 5) is 0.600. The molecule has 60 valence electrons. The second-order valence-corrected chi connectivity index (χ2v) is 2.72. The van der Waals surface area contributed by atoms with Crippen molar-refractivity contribution in [2.75, 3.05) is 11.9 Å². The van der Waals surface area contributed by atoms with Crippen LogP contribution in [0.25, 0.3) is 0 Å². The molecule has 11 heavy (non-hydrogen) atoms. The Bertz CT molecular complexity index is 250. The Morgan fingerprint density at radius 3 is 2.82 bits per heavy atom. The standard InChI is InChI=1S/C8H11NOS/c1-2-9-6-3-4-7(10)8(11)5-6/h3-5,9-11H,2H2,1H3. The maximum atomic E-state index is 9.11. The quantitative estimate of drug-likeness (QED) is 0.468. The number of phenols is 1. The van der Waals surface area contributed by atoms with E-state index in [1.165, 1.54) is 0 Å². The molecular formula is C8H11NOS. The molecule has 0 spiro atoms. The minimum atomic E-state index is 0.218. The van der Waals surface area contributed by atoms with Crippen LogP contribution in [0.4, 0.5) is 5.69 Å². The first-order chi connectivity index (χ1) is 5.24. The third-order valence-corrected chi connectivity index (χ3v) is 1.71. The maximum Gasteiger partial charge on any atom is 0.129 e. The zero-order valence-corrected chi connectivity index (χ0v) is 7.23. The monoisotopic (exact) mass is 169 g/mol. The Morgan fingerprint density at radius 2 is 2.27 bits per heavy atom. The highest BCUT2D eigenvalue weighted by Crippen LogP contribution is 2.24. The molecule has 1 aromatic rings. The Labute approximate surface area is 71.7 Å². The predicted molar refractivity (Wildman–Crippen MR) is 49.5 cm³/mol. The van der Waals surface area contributed by atoms with Crippen LogP contribution in [0.2, 0.25) is 0 Å². The Kier molecular flexibility index (Phi) is 2.65. The number of anilines is 1. The van der Waals surface area contributed by atoms with E-state index in [1.54, 1.807) is 12.1 Å². The fourth-order valence-electron chi connectivity index (χ4n) is 0.838. The highest BCUT2D eigenvalue weighted by Gasteiger charge is 1.96. The summed E-state index contributed by atoms with van der Waals surface area (Å²) in [5.74, 6) is 0.218. The number of nitrogens with one attached hydrogen (secondary N) is 1. The van der Waals surface area contributed by atoms with Gasteiger partial charge >= 0.3 is 0 Å². The fraction of sp³-hybridized carbons (Fsp3) is 0.250. The van der Waals surface area contributed by atoms with Gasteiger partial charge in [0, 0.05) is 17.1 Å². The SMILES string of the molecule is CCNc1ccc(O)c(S)c1. The maximum absolute atomic E-state index is 9.11. The molecule has 0 saturated carbocycles. The lowest BCUT2D eigenvalue weighted by Gasteiger charge is -2.03. The van der Waals surface area contributed by atoms with Crippen molar-refractivity contribution < 1.29 is 5.11 Å². The fourth-order valence-corrected chi connectivity index (χ4v) is 1.05. The molecule has 0 bridgehead atoms. The van der Waals surface area contributed by atoms with Crippen LogP contribution in [0.1, 0.15) is 6.92 Å². The van der Waals surface area contributed by atoms with Crippen molar-refractivity contribution in [1.82, 2.24) is 0 Å². The molecule has 0 amide bonds. The van der Waals surface area contributed by atoms with Gasteiger partial charge in [0.25, 0.3) is 0 Å². The Hall–Kier alpha value is -0.830. The van der Waals surface area contributed by atoms with Gasteiger partial charge in [-0.15, -0.1) is 12.6 Å². The van der Waals surface area contributed by atoms with Gasteiger partial charge in [0.1, 0.15) is 5.75 Å². The minimum Gasteiger partial charge on any atom is -0.507 e. The average Bonchev–Trinajstić information content (AvgIpc) is 1.98. The van der Waals surface area contributed by atoms with E-state index in [4.69, 9.17) is 5.11 Å². The third kappa shape index (κ3) is 2.05. The van der Waals surface area contributed by atoms with Crippen LogP contribution in [0.15, 0.2) is 23.1 Å². The van der Waals surface area contributed by atoms with Gasteiger partial charge in [-0.05, 0) is 25.1 Å². The molecule has 0 heterocycles. The normalized spacial score (nSPS) is 9.64. The Morgan fingerprint density at radius 1 is 1.55 bits per heavy atom. The zero-order chi connectivity index (χ0) is 8.27. The van der Waals surface area contributed by atoms with Gasteiger partial charge in [-0.2, -0.15) is 0 Å². The van der Waals surface area contributed by atoms with Gasteiger partial charge in [-0.3, -0.25) is 0 Å². The molecule has 0 atom stereocenters. The van der Waals surface area contributed by atoms with E-state index < -0.39 is 0 Å². The summed E-state index contributed by atoms with van der Waals surface area (Å²) in [5, 5.41) is 12.2. The first-order valence-corrected chi connectivity index (χ1v) is 3.94. The number of hydrogen-bond acceptors (Lipinski definition) is 3. The van der Waals surface area contributed by atoms with Crippen molar-refractivity contribution in [2.45, 2.75) is 11.8 Å². The molecule has 0 aliphatic heterocycles. The van der Waals surface area contributed by atoms with Crippen LogP contribution in [-0.2, 0) is 0 Å². The van der Waals surface area contributed by atoms with Gasteiger partial charge in [0.05, 0.1) is 0 Å². The summed E-state index contributed by atoms with van der Waals surface area (Å²) in [6.07, 6.45) is 0. The van der Waals surface area contributed by atoms with Crippen molar-refractivity contribution in [3.8, 4) is 5.75 Å². The highest BCUT2D eigenvalue weighted by atomic mass is 32.1. The molecule has 0 fully saturated rings. The van der Waals surface area contributed by atoms with Crippen LogP contribution in [0.3, 0.4) is 0 Å². The summed E-state index contributed by atoms with van der Waals surface area (Å²) in [5.41, 5.74) is 0.982. The number of thiol groups is 1. The number of hydrogen-bond donors (Lipinski definition) is 3. The average molecular weight is 169 g/mol. The summed E-state index contributed by atoms with van der Waals surface area (Å²) < 4.78 is 0. The topological polar surface area (TPSA) is 32.3 Å². The molecule has 0 unspecified atom stereocenters. The van der Waals surface area contributed by atoms with Crippen molar-refractivity contribution >= 4 is 18.3 Å². The van der Waals surface area contributed by atoms with Crippen LogP contribution in [-0.4, -0.2) is 11.7 Å². The lowest BCUT2D eigenvalue weighted by Crippen LogP contribution is -1.95. The van der Waals surface area contributed by atoms with Crippen molar-refractivity contribution in [3.05, 3.63) is 18.2 Å². The van der Waals surface area contributed by atoms with E-state index in [0.29, 0.717) is 4.90 Å². The van der Waals surface area contributed by atoms with Crippen molar-refractivity contribution in [2.24, 2.45) is 0 Å². The van der Waals surface area contributed by atoms with Gasteiger partial charge in [-0.25, -0.2) is 0 Å². The third-order valence-electron chi connectivity index (χ3n) is 1.36. The number of benzene rings is 1. The molecule has 1 aromatic carbocycles. The molecule has 0 aliphatic carbocycles. The van der Waals surface area contributed by atoms with E-state index in [-0.39, 0.29) is 5.75 Å². The molecular weight excluding hydrogens is 158 g/mol. The van der Waals surface area contributed by atoms with Gasteiger partial charge < -0.3 is 10.4 Å². The van der Waals surface area contributed by atoms with Crippen molar-refractivity contribution in [3.63, 3.8) is 0 Å². The summed E-state index contributed by atoms with van der Waals surface area (Å²) in [6, 6.07) is 5.24. The van der Waals surface area contributed by atoms with E-state index in [1.807, 2.05) is 13.0 Å². The van der Waals surface area contributed by atoms with Gasteiger partial charge in [-0.1, -0.05) is 0 Å². The summed E-state index contributed by atoms with van der Waals surface area (Å²) in [6.45, 7) is 2.89. The number of aromatic hydroxyl groups is 1. The molecule has 1 rings (SSSR count). The van der Waals surface area contributed by atoms with E-state index in [0.717, 1.165) is 12.2 Å². The predicted octanol–water partition coefficient (Wildman–Crippen LogP) is 2.11. The van der Waals surface area contributed by atoms with Crippen LogP contribution >= 0.6 is 12.6 Å². The zero-order valence-electron chi connectivity index (χ0n) is 6.33. The van der Waals surface area contributed by atoms with Gasteiger partial charge in [0.15, 0.2) is 0 Å². The lowest BCUT2D eigenvalue weighted by atomic mass is 10.3. The van der Waals surface area contributed by atoms with E-state index in [2.05, 4.69) is 17.9 Å². The van der Waals surface area contributed by atoms with E-state index in [9.17, 15) is 0 Å². The molecule has 0 saturated heterocycles. The summed E-state index contributed by atoms with van der Waals surface area (Å²) >= 11 is 4.07. The summed E-state index contributed by atoms with van der Waals surface area (Å²) in [7, 11) is 0.